The summed E-state index contributed by atoms with van der Waals surface area (Å²) in [5.41, 5.74) is 0.232. The minimum absolute atomic E-state index is 0.0240. The molecule has 0 saturated heterocycles. The molecule has 0 saturated carbocycles. The Labute approximate surface area is 161 Å². The number of aromatic carboxylic acids is 1. The van der Waals surface area contributed by atoms with E-state index < -0.39 is 17.8 Å². The van der Waals surface area contributed by atoms with E-state index in [0.29, 0.717) is 16.6 Å². The predicted molar refractivity (Wildman–Crippen MR) is 94.5 cm³/mol. The SMILES string of the molecule is Cc1cc(C(F)(F)F)nc2c1cc(Cc1c(Cl)ncc(C(=O)O)c1Cl)n2C. The maximum absolute atomic E-state index is 13.0. The predicted octanol–water partition coefficient (Wildman–Crippen LogP) is 4.89. The summed E-state index contributed by atoms with van der Waals surface area (Å²) in [6, 6.07) is 2.66. The monoisotopic (exact) mass is 417 g/mol. The molecule has 142 valence electrons. The molecule has 3 aromatic heterocycles. The molecule has 0 aromatic carbocycles. The Hall–Kier alpha value is -2.32. The van der Waals surface area contributed by atoms with E-state index in [1.807, 2.05) is 0 Å². The molecule has 0 aliphatic carbocycles. The summed E-state index contributed by atoms with van der Waals surface area (Å²) in [6.07, 6.45) is -3.42. The minimum Gasteiger partial charge on any atom is -0.478 e. The quantitative estimate of drug-likeness (QED) is 0.615. The highest BCUT2D eigenvalue weighted by Gasteiger charge is 2.33. The van der Waals surface area contributed by atoms with Gasteiger partial charge in [-0.15, -0.1) is 0 Å². The topological polar surface area (TPSA) is 68.0 Å². The Kier molecular flexibility index (Phi) is 4.81. The van der Waals surface area contributed by atoms with Gasteiger partial charge in [-0.3, -0.25) is 0 Å². The van der Waals surface area contributed by atoms with E-state index in [4.69, 9.17) is 28.3 Å². The van der Waals surface area contributed by atoms with E-state index in [9.17, 15) is 18.0 Å². The molecule has 0 spiro atoms. The normalized spacial score (nSPS) is 12.0. The summed E-state index contributed by atoms with van der Waals surface area (Å²) in [7, 11) is 1.57. The number of fused-ring (bicyclic) bond motifs is 1. The van der Waals surface area contributed by atoms with Crippen LogP contribution in [0.15, 0.2) is 18.3 Å². The Morgan fingerprint density at radius 3 is 2.56 bits per heavy atom. The van der Waals surface area contributed by atoms with Crippen LogP contribution in [0.3, 0.4) is 0 Å². The highest BCUT2D eigenvalue weighted by atomic mass is 35.5. The molecular weight excluding hydrogens is 406 g/mol. The summed E-state index contributed by atoms with van der Waals surface area (Å²) in [4.78, 5) is 18.8. The third-order valence-corrected chi connectivity index (χ3v) is 5.00. The van der Waals surface area contributed by atoms with Crippen molar-refractivity contribution in [1.82, 2.24) is 14.5 Å². The fourth-order valence-electron chi connectivity index (χ4n) is 2.80. The Balaban J connectivity index is 2.15. The number of halogens is 5. The van der Waals surface area contributed by atoms with Crippen LogP contribution in [0.5, 0.6) is 0 Å². The fraction of sp³-hybridized carbons (Fsp3) is 0.235. The van der Waals surface area contributed by atoms with E-state index in [0.717, 1.165) is 12.3 Å². The molecule has 1 N–H and O–H groups in total. The van der Waals surface area contributed by atoms with Gasteiger partial charge in [0, 0.05) is 36.3 Å². The summed E-state index contributed by atoms with van der Waals surface area (Å²) < 4.78 is 40.6. The van der Waals surface area contributed by atoms with Crippen molar-refractivity contribution in [3.63, 3.8) is 0 Å². The van der Waals surface area contributed by atoms with Gasteiger partial charge in [-0.2, -0.15) is 13.2 Å². The summed E-state index contributed by atoms with van der Waals surface area (Å²) in [5.74, 6) is -1.25. The molecule has 3 heterocycles. The summed E-state index contributed by atoms with van der Waals surface area (Å²) in [6.45, 7) is 1.57. The largest absolute Gasteiger partial charge is 0.478 e. The highest BCUT2D eigenvalue weighted by molar-refractivity contribution is 6.37. The molecule has 0 aliphatic rings. The van der Waals surface area contributed by atoms with Crippen molar-refractivity contribution in [2.24, 2.45) is 7.05 Å². The van der Waals surface area contributed by atoms with Crippen molar-refractivity contribution in [3.05, 3.63) is 56.6 Å². The van der Waals surface area contributed by atoms with Gasteiger partial charge < -0.3 is 9.67 Å². The van der Waals surface area contributed by atoms with Gasteiger partial charge in [0.25, 0.3) is 0 Å². The van der Waals surface area contributed by atoms with Gasteiger partial charge in [0.05, 0.1) is 10.6 Å². The van der Waals surface area contributed by atoms with Crippen LogP contribution in [-0.4, -0.2) is 25.6 Å². The zero-order chi connectivity index (χ0) is 20.1. The van der Waals surface area contributed by atoms with E-state index in [-0.39, 0.29) is 33.4 Å². The number of aryl methyl sites for hydroxylation is 2. The number of rotatable bonds is 3. The molecule has 27 heavy (non-hydrogen) atoms. The fourth-order valence-corrected chi connectivity index (χ4v) is 3.35. The molecule has 0 radical (unpaired) electrons. The molecule has 0 aliphatic heterocycles. The highest BCUT2D eigenvalue weighted by Crippen LogP contribution is 2.33. The lowest BCUT2D eigenvalue weighted by Gasteiger charge is -2.10. The number of hydrogen-bond acceptors (Lipinski definition) is 3. The molecule has 3 aromatic rings. The number of hydrogen-bond donors (Lipinski definition) is 1. The zero-order valence-corrected chi connectivity index (χ0v) is 15.5. The molecule has 0 atom stereocenters. The van der Waals surface area contributed by atoms with Crippen molar-refractivity contribution in [2.75, 3.05) is 0 Å². The number of alkyl halides is 3. The van der Waals surface area contributed by atoms with Crippen LogP contribution in [0, 0.1) is 6.92 Å². The second kappa shape index (κ2) is 6.69. The molecule has 0 fully saturated rings. The number of carbonyl (C=O) groups is 1. The first-order valence-corrected chi connectivity index (χ1v) is 8.35. The number of aromatic nitrogens is 3. The maximum atomic E-state index is 13.0. The van der Waals surface area contributed by atoms with Crippen molar-refractivity contribution < 1.29 is 23.1 Å². The first-order chi connectivity index (χ1) is 12.5. The molecule has 5 nitrogen and oxygen atoms in total. The van der Waals surface area contributed by atoms with Crippen LogP contribution in [0.4, 0.5) is 13.2 Å². The van der Waals surface area contributed by atoms with Gasteiger partial charge in [-0.25, -0.2) is 14.8 Å². The Morgan fingerprint density at radius 1 is 1.30 bits per heavy atom. The van der Waals surface area contributed by atoms with Crippen molar-refractivity contribution in [1.29, 1.82) is 0 Å². The van der Waals surface area contributed by atoms with Crippen molar-refractivity contribution >= 4 is 40.2 Å². The first-order valence-electron chi connectivity index (χ1n) is 7.60. The van der Waals surface area contributed by atoms with E-state index in [2.05, 4.69) is 9.97 Å². The van der Waals surface area contributed by atoms with E-state index in [1.54, 1.807) is 20.0 Å². The molecule has 0 bridgehead atoms. The second-order valence-corrected chi connectivity index (χ2v) is 6.73. The van der Waals surface area contributed by atoms with Gasteiger partial charge in [0.1, 0.15) is 16.5 Å². The lowest BCUT2D eigenvalue weighted by Crippen LogP contribution is -2.09. The lowest BCUT2D eigenvalue weighted by atomic mass is 10.1. The zero-order valence-electron chi connectivity index (χ0n) is 14.0. The molecule has 3 rings (SSSR count). The summed E-state index contributed by atoms with van der Waals surface area (Å²) >= 11 is 12.2. The number of carboxylic acids is 1. The van der Waals surface area contributed by atoms with E-state index in [1.165, 1.54) is 4.57 Å². The third kappa shape index (κ3) is 3.46. The number of carboxylic acid groups (broad SMARTS) is 1. The third-order valence-electron chi connectivity index (χ3n) is 4.24. The van der Waals surface area contributed by atoms with Gasteiger partial charge in [0.2, 0.25) is 0 Å². The number of pyridine rings is 2. The van der Waals surface area contributed by atoms with Crippen LogP contribution < -0.4 is 0 Å². The first kappa shape index (κ1) is 19.4. The molecule has 0 unspecified atom stereocenters. The van der Waals surface area contributed by atoms with Crippen LogP contribution in [-0.2, 0) is 19.6 Å². The van der Waals surface area contributed by atoms with E-state index >= 15 is 0 Å². The van der Waals surface area contributed by atoms with Gasteiger partial charge in [0.15, 0.2) is 0 Å². The average Bonchev–Trinajstić information content (AvgIpc) is 2.87. The van der Waals surface area contributed by atoms with Crippen LogP contribution in [0.1, 0.15) is 32.9 Å². The Morgan fingerprint density at radius 2 is 1.96 bits per heavy atom. The van der Waals surface area contributed by atoms with Gasteiger partial charge in [-0.05, 0) is 24.6 Å². The maximum Gasteiger partial charge on any atom is 0.433 e. The van der Waals surface area contributed by atoms with Crippen LogP contribution in [0.2, 0.25) is 10.2 Å². The smallest absolute Gasteiger partial charge is 0.433 e. The molecular formula is C17H12Cl2F3N3O2. The van der Waals surface area contributed by atoms with Crippen molar-refractivity contribution in [2.45, 2.75) is 19.5 Å². The second-order valence-electron chi connectivity index (χ2n) is 5.99. The van der Waals surface area contributed by atoms with Gasteiger partial charge >= 0.3 is 12.1 Å². The van der Waals surface area contributed by atoms with Gasteiger partial charge in [-0.1, -0.05) is 23.2 Å². The van der Waals surface area contributed by atoms with Crippen LogP contribution in [0.25, 0.3) is 11.0 Å². The minimum atomic E-state index is -4.56. The Bertz CT molecular complexity index is 1080. The number of nitrogens with zero attached hydrogens (tertiary/aromatic N) is 3. The average molecular weight is 418 g/mol. The lowest BCUT2D eigenvalue weighted by molar-refractivity contribution is -0.141. The van der Waals surface area contributed by atoms with Crippen molar-refractivity contribution in [3.8, 4) is 0 Å². The molecule has 10 heteroatoms. The summed E-state index contributed by atoms with van der Waals surface area (Å²) in [5, 5.41) is 9.68. The standard InChI is InChI=1S/C17H12Cl2F3N3O2/c1-7-3-12(17(20,21)22)24-15-9(7)4-8(25(15)2)5-10-13(18)11(16(26)27)6-23-14(10)19/h3-4,6H,5H2,1-2H3,(H,26,27). The molecule has 0 amide bonds. The van der Waals surface area contributed by atoms with Crippen LogP contribution >= 0.6 is 23.2 Å².